The summed E-state index contributed by atoms with van der Waals surface area (Å²) in [5, 5.41) is 7.66. The molecule has 4 heteroatoms. The van der Waals surface area contributed by atoms with Crippen LogP contribution in [0.4, 0.5) is 17.1 Å². The molecule has 0 radical (unpaired) electrons. The predicted octanol–water partition coefficient (Wildman–Crippen LogP) is 18.0. The van der Waals surface area contributed by atoms with E-state index >= 15 is 0 Å². The van der Waals surface area contributed by atoms with Gasteiger partial charge >= 0.3 is 0 Å². The van der Waals surface area contributed by atoms with E-state index in [1.54, 1.807) is 0 Å². The van der Waals surface area contributed by atoms with Gasteiger partial charge in [0.1, 0.15) is 0 Å². The Bertz CT molecular complexity index is 3910. The van der Waals surface area contributed by atoms with E-state index in [2.05, 4.69) is 240 Å². The number of nitrogens with zero attached hydrogens (tertiary/aromatic N) is 2. The van der Waals surface area contributed by atoms with Gasteiger partial charge < -0.3 is 9.47 Å². The number of para-hydroxylation sites is 3. The minimum Gasteiger partial charge on any atom is -0.310 e. The number of rotatable bonds is 7. The number of thiophene rings is 2. The molecule has 13 rings (SSSR count). The van der Waals surface area contributed by atoms with Crippen LogP contribution in [0.1, 0.15) is 0 Å². The van der Waals surface area contributed by atoms with Gasteiger partial charge in [-0.15, -0.1) is 22.7 Å². The van der Waals surface area contributed by atoms with Gasteiger partial charge in [0.25, 0.3) is 0 Å². The highest BCUT2D eigenvalue weighted by Crippen LogP contribution is 2.49. The molecule has 0 aliphatic carbocycles. The molecule has 0 aliphatic rings. The van der Waals surface area contributed by atoms with Gasteiger partial charge in [-0.2, -0.15) is 0 Å². The molecule has 64 heavy (non-hydrogen) atoms. The zero-order valence-corrected chi connectivity index (χ0v) is 36.3. The van der Waals surface area contributed by atoms with Crippen molar-refractivity contribution in [3.63, 3.8) is 0 Å². The highest BCUT2D eigenvalue weighted by atomic mass is 32.1. The molecular formula is C60H38N2S2. The van der Waals surface area contributed by atoms with E-state index in [0.717, 1.165) is 28.3 Å². The number of hydrogen-bond acceptors (Lipinski definition) is 3. The lowest BCUT2D eigenvalue weighted by Crippen LogP contribution is -2.10. The molecule has 300 valence electrons. The standard InChI is InChI=1S/C60H38N2S2/c1-3-17-39(18-4-1)43-21-7-11-29-54(43)62-55-30-12-8-22-45(55)46-36-34-42(38-56(46)62)61(40-19-5-2-6-20-40)41-33-35-44(49-25-15-26-50-47-23-9-13-31-57(47)63-59(49)50)53(37-41)52-28-16-27-51-48-24-10-14-32-58(48)64-60(51)52/h1-38H. The van der Waals surface area contributed by atoms with E-state index in [1.807, 2.05) is 22.7 Å². The lowest BCUT2D eigenvalue weighted by Gasteiger charge is -2.27. The SMILES string of the molecule is c1ccc(-c2ccccc2-n2c3ccccc3c3ccc(N(c4ccccc4)c4ccc(-c5cccc6c5sc5ccccc56)c(-c5cccc6c5sc5ccccc56)c4)cc32)cc1. The van der Waals surface area contributed by atoms with Crippen LogP contribution in [0.5, 0.6) is 0 Å². The van der Waals surface area contributed by atoms with E-state index in [1.165, 1.54) is 90.0 Å². The molecule has 0 saturated heterocycles. The molecule has 0 unspecified atom stereocenters. The molecule has 2 nitrogen and oxygen atoms in total. The van der Waals surface area contributed by atoms with E-state index in [0.29, 0.717) is 0 Å². The number of aromatic nitrogens is 1. The summed E-state index contributed by atoms with van der Waals surface area (Å²) in [6, 6.07) is 84.7. The van der Waals surface area contributed by atoms with E-state index < -0.39 is 0 Å². The second-order valence-electron chi connectivity index (χ2n) is 16.4. The van der Waals surface area contributed by atoms with Crippen molar-refractivity contribution in [1.29, 1.82) is 0 Å². The average Bonchev–Trinajstić information content (AvgIpc) is 4.04. The molecule has 0 amide bonds. The normalized spacial score (nSPS) is 11.8. The van der Waals surface area contributed by atoms with Gasteiger partial charge in [-0.3, -0.25) is 0 Å². The van der Waals surface area contributed by atoms with Crippen LogP contribution in [0.3, 0.4) is 0 Å². The topological polar surface area (TPSA) is 8.17 Å². The third kappa shape index (κ3) is 5.84. The molecule has 0 fully saturated rings. The van der Waals surface area contributed by atoms with Crippen LogP contribution >= 0.6 is 22.7 Å². The summed E-state index contributed by atoms with van der Waals surface area (Å²) in [5.74, 6) is 0. The van der Waals surface area contributed by atoms with Gasteiger partial charge in [0.05, 0.1) is 16.7 Å². The van der Waals surface area contributed by atoms with Gasteiger partial charge in [-0.25, -0.2) is 0 Å². The van der Waals surface area contributed by atoms with Crippen LogP contribution in [0, 0.1) is 0 Å². The largest absolute Gasteiger partial charge is 0.310 e. The summed E-state index contributed by atoms with van der Waals surface area (Å²) in [7, 11) is 0. The van der Waals surface area contributed by atoms with Gasteiger partial charge in [0.2, 0.25) is 0 Å². The average molecular weight is 851 g/mol. The van der Waals surface area contributed by atoms with E-state index in [-0.39, 0.29) is 0 Å². The Hall–Kier alpha value is -7.76. The molecule has 0 N–H and O–H groups in total. The zero-order chi connectivity index (χ0) is 42.1. The Balaban J connectivity index is 1.07. The Morgan fingerprint density at radius 3 is 1.53 bits per heavy atom. The molecule has 0 spiro atoms. The maximum atomic E-state index is 2.46. The van der Waals surface area contributed by atoms with Crippen molar-refractivity contribution in [1.82, 2.24) is 4.57 Å². The lowest BCUT2D eigenvalue weighted by molar-refractivity contribution is 1.18. The van der Waals surface area contributed by atoms with Crippen LogP contribution in [0.15, 0.2) is 231 Å². The second-order valence-corrected chi connectivity index (χ2v) is 18.5. The zero-order valence-electron chi connectivity index (χ0n) is 34.7. The maximum absolute atomic E-state index is 2.46. The van der Waals surface area contributed by atoms with Crippen molar-refractivity contribution in [3.05, 3.63) is 231 Å². The van der Waals surface area contributed by atoms with Crippen molar-refractivity contribution in [2.24, 2.45) is 0 Å². The Labute approximate surface area is 378 Å². The molecular weight excluding hydrogens is 813 g/mol. The summed E-state index contributed by atoms with van der Waals surface area (Å²) in [6.07, 6.45) is 0. The Kier molecular flexibility index (Phi) is 8.61. The minimum atomic E-state index is 1.09. The molecule has 0 bridgehead atoms. The van der Waals surface area contributed by atoms with Gasteiger partial charge in [-0.05, 0) is 77.4 Å². The fraction of sp³-hybridized carbons (Fsp3) is 0. The predicted molar refractivity (Wildman–Crippen MR) is 278 cm³/mol. The summed E-state index contributed by atoms with van der Waals surface area (Å²) in [5.41, 5.74) is 14.1. The summed E-state index contributed by atoms with van der Waals surface area (Å²) in [6.45, 7) is 0. The van der Waals surface area contributed by atoms with Crippen LogP contribution in [-0.2, 0) is 0 Å². The van der Waals surface area contributed by atoms with Crippen LogP contribution in [0.25, 0.3) is 101 Å². The van der Waals surface area contributed by atoms with Crippen LogP contribution < -0.4 is 4.90 Å². The highest BCUT2D eigenvalue weighted by Gasteiger charge is 2.23. The number of anilines is 3. The Morgan fingerprint density at radius 1 is 0.297 bits per heavy atom. The fourth-order valence-corrected chi connectivity index (χ4v) is 12.4. The van der Waals surface area contributed by atoms with E-state index in [4.69, 9.17) is 0 Å². The quantitative estimate of drug-likeness (QED) is 0.155. The molecule has 0 atom stereocenters. The van der Waals surface area contributed by atoms with Crippen molar-refractivity contribution < 1.29 is 0 Å². The maximum Gasteiger partial charge on any atom is 0.0562 e. The van der Waals surface area contributed by atoms with Crippen molar-refractivity contribution in [2.45, 2.75) is 0 Å². The van der Waals surface area contributed by atoms with E-state index in [9.17, 15) is 0 Å². The van der Waals surface area contributed by atoms with Gasteiger partial charge in [0.15, 0.2) is 0 Å². The first-order valence-corrected chi connectivity index (χ1v) is 23.4. The van der Waals surface area contributed by atoms with Crippen molar-refractivity contribution in [2.75, 3.05) is 4.90 Å². The minimum absolute atomic E-state index is 1.09. The molecule has 3 aromatic heterocycles. The first kappa shape index (κ1) is 36.9. The first-order chi connectivity index (χ1) is 31.8. The summed E-state index contributed by atoms with van der Waals surface area (Å²) in [4.78, 5) is 2.43. The van der Waals surface area contributed by atoms with Crippen molar-refractivity contribution in [3.8, 4) is 39.1 Å². The van der Waals surface area contributed by atoms with Crippen molar-refractivity contribution >= 4 is 102 Å². The fourth-order valence-electron chi connectivity index (χ4n) is 9.96. The number of hydrogen-bond donors (Lipinski definition) is 0. The van der Waals surface area contributed by atoms with Crippen LogP contribution in [-0.4, -0.2) is 4.57 Å². The molecule has 0 aliphatic heterocycles. The smallest absolute Gasteiger partial charge is 0.0562 e. The number of fused-ring (bicyclic) bond motifs is 9. The summed E-state index contributed by atoms with van der Waals surface area (Å²) >= 11 is 3.78. The molecule has 0 saturated carbocycles. The third-order valence-corrected chi connectivity index (χ3v) is 15.2. The lowest BCUT2D eigenvalue weighted by atomic mass is 9.92. The Morgan fingerprint density at radius 2 is 0.812 bits per heavy atom. The van der Waals surface area contributed by atoms with Gasteiger partial charge in [-0.1, -0.05) is 170 Å². The second kappa shape index (κ2) is 15.0. The third-order valence-electron chi connectivity index (χ3n) is 12.8. The first-order valence-electron chi connectivity index (χ1n) is 21.8. The molecule has 3 heterocycles. The number of benzene rings is 10. The monoisotopic (exact) mass is 850 g/mol. The summed E-state index contributed by atoms with van der Waals surface area (Å²) < 4.78 is 7.69. The molecule has 13 aromatic rings. The molecule has 10 aromatic carbocycles. The highest BCUT2D eigenvalue weighted by molar-refractivity contribution is 7.26. The van der Waals surface area contributed by atoms with Gasteiger partial charge in [0, 0.05) is 84.9 Å². The van der Waals surface area contributed by atoms with Crippen LogP contribution in [0.2, 0.25) is 0 Å².